The van der Waals surface area contributed by atoms with Crippen molar-refractivity contribution in [1.29, 1.82) is 0 Å². The van der Waals surface area contributed by atoms with Crippen LogP contribution in [0.2, 0.25) is 0 Å². The Morgan fingerprint density at radius 1 is 0.302 bits per heavy atom. The van der Waals surface area contributed by atoms with E-state index >= 15 is 0 Å². The van der Waals surface area contributed by atoms with Crippen LogP contribution < -0.4 is 0 Å². The highest BCUT2D eigenvalue weighted by Crippen LogP contribution is 2.28. The molecule has 13 heteroatoms. The molecule has 9 heterocycles. The second-order valence-electron chi connectivity index (χ2n) is 30.8. The van der Waals surface area contributed by atoms with Crippen molar-refractivity contribution in [3.8, 4) is 0 Å². The summed E-state index contributed by atoms with van der Waals surface area (Å²) >= 11 is 0. The maximum Gasteiger partial charge on any atom is 0.260 e. The van der Waals surface area contributed by atoms with Gasteiger partial charge in [-0.1, -0.05) is 33.6 Å². The first-order valence-electron chi connectivity index (χ1n) is 36.7. The maximum atomic E-state index is 12.8. The van der Waals surface area contributed by atoms with E-state index in [2.05, 4.69) is 197 Å². The number of alkyl halides is 2. The van der Waals surface area contributed by atoms with Gasteiger partial charge in [-0.3, -0.25) is 14.7 Å². The predicted molar refractivity (Wildman–Crippen MR) is 375 cm³/mol. The van der Waals surface area contributed by atoms with Crippen LogP contribution >= 0.6 is 0 Å². The van der Waals surface area contributed by atoms with Gasteiger partial charge in [-0.2, -0.15) is 0 Å². The highest BCUT2D eigenvalue weighted by atomic mass is 19.3. The van der Waals surface area contributed by atoms with Crippen LogP contribution in [0.15, 0.2) is 0 Å². The number of piperazine rings is 1. The highest BCUT2D eigenvalue weighted by Gasteiger charge is 2.36. The number of rotatable bonds is 9. The quantitative estimate of drug-likeness (QED) is 0.222. The normalized spacial score (nSPS) is 26.5. The molecular weight excluding hydrogens is 1070 g/mol. The van der Waals surface area contributed by atoms with Crippen molar-refractivity contribution >= 4 is 0 Å². The number of nitrogens with zero attached hydrogens (tertiary/aromatic N) is 10. The van der Waals surface area contributed by atoms with Crippen molar-refractivity contribution in [1.82, 2.24) is 49.0 Å². The molecule has 0 aromatic carbocycles. The molecule has 0 aromatic heterocycles. The van der Waals surface area contributed by atoms with Crippen LogP contribution in [0.4, 0.5) is 8.78 Å². The molecule has 4 atom stereocenters. The van der Waals surface area contributed by atoms with Gasteiger partial charge in [-0.25, -0.2) is 8.78 Å². The van der Waals surface area contributed by atoms with E-state index in [9.17, 15) is 8.78 Å². The van der Waals surface area contributed by atoms with Crippen molar-refractivity contribution in [3.05, 3.63) is 0 Å². The zero-order valence-electron chi connectivity index (χ0n) is 62.3. The van der Waals surface area contributed by atoms with E-state index in [4.69, 9.17) is 4.74 Å². The number of likely N-dealkylation sites (tertiary alicyclic amines) is 7. The Bertz CT molecular complexity index is 1440. The molecule has 86 heavy (non-hydrogen) atoms. The average molecular weight is 1230 g/mol. The number of hydrogen-bond donors (Lipinski definition) is 0. The fourth-order valence-electron chi connectivity index (χ4n) is 13.1. The molecule has 0 amide bonds. The lowest BCUT2D eigenvalue weighted by Gasteiger charge is -2.37. The van der Waals surface area contributed by atoms with Crippen molar-refractivity contribution in [3.63, 3.8) is 0 Å². The van der Waals surface area contributed by atoms with E-state index in [0.29, 0.717) is 24.7 Å². The summed E-state index contributed by atoms with van der Waals surface area (Å²) in [6, 6.07) is 6.23. The summed E-state index contributed by atoms with van der Waals surface area (Å²) in [5.74, 6) is 0.333. The van der Waals surface area contributed by atoms with Crippen molar-refractivity contribution in [2.45, 2.75) is 322 Å². The van der Waals surface area contributed by atoms with Gasteiger partial charge in [0.15, 0.2) is 0 Å². The standard InChI is InChI=1S/C10H21N.C9H19NO.C9H19N.C8H15F2N.C8H18N2.2C8H17N.C7H15N.C6H13N/c1-8(2)11-6-9(3)5-10(4)7-11;1-7(2)10-5-8(3)11-9(4)6-10;1-8(2)10-6-4-9(3)5-7-10;1-7(2)11-5-3-4-8(9,10)6-11;1-8(2)10-6-4-9(3)5-7-10;2*1-8(2)9-6-4-3-5-7-9;1-7(2)8-5-3-4-6-8;1-6(2)7-4-3-5-7/h8-10H,5-7H2,1-4H3;7-9H,5-6H2,1-4H3;8-9H,4-7H2,1-3H3;7H,3-6H2,1-2H3;8H,4-7H2,1-3H3;2*8H,3-7H2,1-2H3;7H,3-6H2,1-2H3;6H,3-5H2,1-2H3. The molecule has 0 N–H and O–H groups in total. The monoisotopic (exact) mass is 1230 g/mol. The first-order chi connectivity index (χ1) is 40.3. The first-order valence-corrected chi connectivity index (χ1v) is 36.7. The van der Waals surface area contributed by atoms with Crippen LogP contribution in [0.5, 0.6) is 0 Å². The molecule has 0 bridgehead atoms. The number of hydrogen-bond acceptors (Lipinski definition) is 11. The third-order valence-electron chi connectivity index (χ3n) is 19.5. The van der Waals surface area contributed by atoms with Crippen LogP contribution in [-0.2, 0) is 4.74 Å². The van der Waals surface area contributed by atoms with Gasteiger partial charge in [-0.15, -0.1) is 0 Å². The Morgan fingerprint density at radius 2 is 0.581 bits per heavy atom. The summed E-state index contributed by atoms with van der Waals surface area (Å²) < 4.78 is 31.2. The second-order valence-corrected chi connectivity index (χ2v) is 30.8. The van der Waals surface area contributed by atoms with E-state index in [1.807, 2.05) is 18.7 Å². The Hall–Kier alpha value is -0.580. The number of likely N-dealkylation sites (N-methyl/N-ethyl adjacent to an activating group) is 1. The van der Waals surface area contributed by atoms with Crippen LogP contribution in [0.3, 0.4) is 0 Å². The van der Waals surface area contributed by atoms with Gasteiger partial charge < -0.3 is 39.0 Å². The average Bonchev–Trinajstić information content (AvgIpc) is 4.11. The number of ether oxygens (including phenoxy) is 1. The summed E-state index contributed by atoms with van der Waals surface area (Å²) in [5, 5.41) is 0. The Kier molecular flexibility index (Phi) is 45.1. The SMILES string of the molecule is CC(C)N1CCC1.CC(C)N1CCCC(F)(F)C1.CC(C)N1CCCC1.CC(C)N1CCCCC1.CC(C)N1CCCCC1.CC(C)N1CCN(C)CC1.CC1CC(C)CN(C(C)C)C1.CC1CCN(C(C)C)CC1.CC1CN(C(C)C)CC(C)O1. The van der Waals surface area contributed by atoms with Gasteiger partial charge >= 0.3 is 0 Å². The molecule has 4 unspecified atom stereocenters. The minimum Gasteiger partial charge on any atom is -0.373 e. The summed E-state index contributed by atoms with van der Waals surface area (Å²) in [6.07, 6.45) is 18.5. The first kappa shape index (κ1) is 83.4. The molecule has 9 fully saturated rings. The Morgan fingerprint density at radius 3 is 0.860 bits per heavy atom. The number of piperidine rings is 5. The molecule has 9 rings (SSSR count). The lowest BCUT2D eigenvalue weighted by atomic mass is 9.91. The third-order valence-corrected chi connectivity index (χ3v) is 19.5. The van der Waals surface area contributed by atoms with Crippen LogP contribution in [-0.4, -0.2) is 259 Å². The minimum absolute atomic E-state index is 0.0509. The molecule has 9 saturated heterocycles. The van der Waals surface area contributed by atoms with E-state index in [1.54, 1.807) is 0 Å². The molecule has 9 aliphatic heterocycles. The molecule has 0 radical (unpaired) electrons. The molecular formula is C73H154F2N10O. The summed E-state index contributed by atoms with van der Waals surface area (Å²) in [4.78, 5) is 24.5. The fourth-order valence-corrected chi connectivity index (χ4v) is 13.1. The Balaban J connectivity index is 0.000000485. The Labute approximate surface area is 537 Å². The zero-order valence-corrected chi connectivity index (χ0v) is 62.3. The summed E-state index contributed by atoms with van der Waals surface area (Å²) in [5.41, 5.74) is 0. The van der Waals surface area contributed by atoms with Gasteiger partial charge in [0.25, 0.3) is 5.92 Å². The van der Waals surface area contributed by atoms with Crippen molar-refractivity contribution in [2.75, 3.05) is 138 Å². The lowest BCUT2D eigenvalue weighted by Crippen LogP contribution is -2.48. The highest BCUT2D eigenvalue weighted by molar-refractivity contribution is 4.81. The van der Waals surface area contributed by atoms with Gasteiger partial charge in [0.1, 0.15) is 0 Å². The topological polar surface area (TPSA) is 41.6 Å². The minimum atomic E-state index is -2.44. The fraction of sp³-hybridized carbons (Fsp3) is 1.00. The molecule has 0 saturated carbocycles. The van der Waals surface area contributed by atoms with Gasteiger partial charge in [0, 0.05) is 113 Å². The molecule has 516 valence electrons. The van der Waals surface area contributed by atoms with E-state index in [0.717, 1.165) is 79.7 Å². The largest absolute Gasteiger partial charge is 0.373 e. The predicted octanol–water partition coefficient (Wildman–Crippen LogP) is 15.1. The van der Waals surface area contributed by atoms with Crippen LogP contribution in [0.25, 0.3) is 0 Å². The van der Waals surface area contributed by atoms with Gasteiger partial charge in [-0.05, 0) is 306 Å². The molecule has 11 nitrogen and oxygen atoms in total. The van der Waals surface area contributed by atoms with Crippen molar-refractivity contribution < 1.29 is 13.5 Å². The third kappa shape index (κ3) is 39.1. The van der Waals surface area contributed by atoms with Gasteiger partial charge in [0.2, 0.25) is 0 Å². The lowest BCUT2D eigenvalue weighted by molar-refractivity contribution is -0.0764. The molecule has 0 aromatic rings. The maximum absolute atomic E-state index is 12.8. The van der Waals surface area contributed by atoms with Crippen LogP contribution in [0, 0.1) is 17.8 Å². The molecule has 0 spiro atoms. The van der Waals surface area contributed by atoms with E-state index in [-0.39, 0.29) is 19.0 Å². The zero-order chi connectivity index (χ0) is 65.1. The smallest absolute Gasteiger partial charge is 0.260 e. The second kappa shape index (κ2) is 46.5. The summed E-state index contributed by atoms with van der Waals surface area (Å²) in [7, 11) is 2.19. The van der Waals surface area contributed by atoms with Crippen molar-refractivity contribution in [2.24, 2.45) is 17.8 Å². The summed E-state index contributed by atoms with van der Waals surface area (Å²) in [6.45, 7) is 75.5. The molecule has 9 aliphatic rings. The van der Waals surface area contributed by atoms with Crippen LogP contribution in [0.1, 0.15) is 249 Å². The van der Waals surface area contributed by atoms with Gasteiger partial charge in [0.05, 0.1) is 18.8 Å². The van der Waals surface area contributed by atoms with E-state index < -0.39 is 5.92 Å². The number of halogens is 2. The van der Waals surface area contributed by atoms with E-state index in [1.165, 1.54) is 182 Å². The molecule has 0 aliphatic carbocycles. The number of morpholine rings is 1.